The van der Waals surface area contributed by atoms with Gasteiger partial charge < -0.3 is 9.64 Å². The van der Waals surface area contributed by atoms with Crippen molar-refractivity contribution < 1.29 is 17.9 Å². The van der Waals surface area contributed by atoms with Gasteiger partial charge in [0.1, 0.15) is 11.8 Å². The van der Waals surface area contributed by atoms with Crippen molar-refractivity contribution in [1.29, 1.82) is 0 Å². The summed E-state index contributed by atoms with van der Waals surface area (Å²) in [6, 6.07) is 17.1. The lowest BCUT2D eigenvalue weighted by Crippen LogP contribution is -2.52. The van der Waals surface area contributed by atoms with Crippen LogP contribution in [0.25, 0.3) is 5.69 Å². The Morgan fingerprint density at radius 3 is 2.28 bits per heavy atom. The number of amides is 1. The van der Waals surface area contributed by atoms with Crippen LogP contribution < -0.4 is 19.9 Å². The minimum atomic E-state index is -3.86. The van der Waals surface area contributed by atoms with Gasteiger partial charge in [0, 0.05) is 30.2 Å². The average molecular weight is 454 g/mol. The number of hydrogen-bond acceptors (Lipinski definition) is 5. The Bertz CT molecular complexity index is 1270. The van der Waals surface area contributed by atoms with Crippen molar-refractivity contribution in [2.75, 3.05) is 18.6 Å². The monoisotopic (exact) mass is 453 g/mol. The molecule has 0 radical (unpaired) electrons. The van der Waals surface area contributed by atoms with Crippen LogP contribution in [0.4, 0.5) is 5.69 Å². The van der Waals surface area contributed by atoms with Crippen molar-refractivity contribution in [1.82, 2.24) is 9.29 Å². The van der Waals surface area contributed by atoms with Gasteiger partial charge in [0.15, 0.2) is 0 Å². The molecule has 2 aromatic carbocycles. The first kappa shape index (κ1) is 21.8. The fraction of sp³-hybridized carbons (Fsp3) is 0.217. The second-order valence-electron chi connectivity index (χ2n) is 7.41. The largest absolute Gasteiger partial charge is 0.497 e. The van der Waals surface area contributed by atoms with Gasteiger partial charge in [-0.1, -0.05) is 6.07 Å². The van der Waals surface area contributed by atoms with Gasteiger partial charge in [-0.2, -0.15) is 4.72 Å². The summed E-state index contributed by atoms with van der Waals surface area (Å²) in [6.07, 6.45) is 2.75. The van der Waals surface area contributed by atoms with Crippen molar-refractivity contribution in [3.05, 3.63) is 83.3 Å². The SMILES string of the molecule is COc1ccc(S(=O)(=O)NC2CCCN(c3ccc(-n4ccccc4=O)cc3)C2=O)cc1. The van der Waals surface area contributed by atoms with E-state index >= 15 is 0 Å². The van der Waals surface area contributed by atoms with Crippen molar-refractivity contribution in [3.8, 4) is 11.4 Å². The summed E-state index contributed by atoms with van der Waals surface area (Å²) in [5.41, 5.74) is 1.18. The summed E-state index contributed by atoms with van der Waals surface area (Å²) in [7, 11) is -2.36. The van der Waals surface area contributed by atoms with Gasteiger partial charge in [-0.25, -0.2) is 8.42 Å². The number of ether oxygens (including phenoxy) is 1. The number of methoxy groups -OCH3 is 1. The standard InChI is InChI=1S/C23H23N3O5S/c1-31-19-11-13-20(14-12-19)32(29,30)24-21-5-4-16-26(23(21)28)18-9-7-17(8-10-18)25-15-3-2-6-22(25)27/h2-3,6-15,21,24H,4-5,16H2,1H3. The number of carbonyl (C=O) groups excluding carboxylic acids is 1. The van der Waals surface area contributed by atoms with Crippen molar-refractivity contribution in [2.45, 2.75) is 23.8 Å². The van der Waals surface area contributed by atoms with Gasteiger partial charge in [-0.3, -0.25) is 14.2 Å². The lowest BCUT2D eigenvalue weighted by atomic mass is 10.0. The molecular formula is C23H23N3O5S. The summed E-state index contributed by atoms with van der Waals surface area (Å²) in [5, 5.41) is 0. The van der Waals surface area contributed by atoms with E-state index in [0.717, 1.165) is 0 Å². The first-order chi connectivity index (χ1) is 15.4. The zero-order chi connectivity index (χ0) is 22.7. The number of pyridine rings is 1. The fourth-order valence-electron chi connectivity index (χ4n) is 3.69. The van der Waals surface area contributed by atoms with Gasteiger partial charge in [0.2, 0.25) is 15.9 Å². The minimum Gasteiger partial charge on any atom is -0.497 e. The highest BCUT2D eigenvalue weighted by Crippen LogP contribution is 2.24. The normalized spacial score (nSPS) is 16.7. The lowest BCUT2D eigenvalue weighted by Gasteiger charge is -2.32. The summed E-state index contributed by atoms with van der Waals surface area (Å²) in [5.74, 6) is 0.239. The number of carbonyl (C=O) groups is 1. The van der Waals surface area contributed by atoms with Crippen molar-refractivity contribution in [3.63, 3.8) is 0 Å². The molecule has 8 nitrogen and oxygen atoms in total. The Morgan fingerprint density at radius 2 is 1.62 bits per heavy atom. The van der Waals surface area contributed by atoms with Crippen LogP contribution >= 0.6 is 0 Å². The molecule has 4 rings (SSSR count). The number of rotatable bonds is 6. The van der Waals surface area contributed by atoms with Crippen molar-refractivity contribution >= 4 is 21.6 Å². The summed E-state index contributed by atoms with van der Waals surface area (Å²) >= 11 is 0. The second kappa shape index (κ2) is 8.97. The quantitative estimate of drug-likeness (QED) is 0.618. The van der Waals surface area contributed by atoms with Gasteiger partial charge in [0.25, 0.3) is 5.56 Å². The van der Waals surface area contributed by atoms with E-state index in [9.17, 15) is 18.0 Å². The van der Waals surface area contributed by atoms with E-state index < -0.39 is 16.1 Å². The van der Waals surface area contributed by atoms with Gasteiger partial charge in [0.05, 0.1) is 12.0 Å². The van der Waals surface area contributed by atoms with E-state index in [1.54, 1.807) is 59.6 Å². The summed E-state index contributed by atoms with van der Waals surface area (Å²) in [6.45, 7) is 0.490. The third kappa shape index (κ3) is 4.44. The molecule has 0 aliphatic carbocycles. The molecule has 0 spiro atoms. The minimum absolute atomic E-state index is 0.0703. The molecule has 1 aliphatic rings. The smallest absolute Gasteiger partial charge is 0.255 e. The maximum atomic E-state index is 13.1. The first-order valence-corrected chi connectivity index (χ1v) is 11.6. The Morgan fingerprint density at radius 1 is 0.938 bits per heavy atom. The third-order valence-corrected chi connectivity index (χ3v) is 6.86. The van der Waals surface area contributed by atoms with Crippen LogP contribution in [-0.4, -0.2) is 38.6 Å². The fourth-order valence-corrected chi connectivity index (χ4v) is 4.91. The van der Waals surface area contributed by atoms with Crippen LogP contribution in [0, 0.1) is 0 Å². The Labute approximate surface area is 186 Å². The van der Waals surface area contributed by atoms with Crippen LogP contribution in [-0.2, 0) is 14.8 Å². The zero-order valence-corrected chi connectivity index (χ0v) is 18.3. The number of piperidine rings is 1. The summed E-state index contributed by atoms with van der Waals surface area (Å²) < 4.78 is 34.6. The molecule has 1 fully saturated rings. The molecule has 32 heavy (non-hydrogen) atoms. The molecule has 0 bridgehead atoms. The molecule has 1 unspecified atom stereocenters. The number of hydrogen-bond donors (Lipinski definition) is 1. The topological polar surface area (TPSA) is 97.7 Å². The second-order valence-corrected chi connectivity index (χ2v) is 9.12. The number of sulfonamides is 1. The average Bonchev–Trinajstić information content (AvgIpc) is 2.81. The number of aromatic nitrogens is 1. The summed E-state index contributed by atoms with van der Waals surface area (Å²) in [4.78, 5) is 26.7. The number of benzene rings is 2. The van der Waals surface area contributed by atoms with Crippen LogP contribution in [0.1, 0.15) is 12.8 Å². The highest BCUT2D eigenvalue weighted by molar-refractivity contribution is 7.89. The maximum Gasteiger partial charge on any atom is 0.255 e. The molecule has 1 atom stereocenters. The number of nitrogens with zero attached hydrogens (tertiary/aromatic N) is 2. The first-order valence-electron chi connectivity index (χ1n) is 10.1. The lowest BCUT2D eigenvalue weighted by molar-refractivity contribution is -0.121. The van der Waals surface area contributed by atoms with Gasteiger partial charge >= 0.3 is 0 Å². The van der Waals surface area contributed by atoms with E-state index in [2.05, 4.69) is 4.72 Å². The predicted octanol–water partition coefficient (Wildman–Crippen LogP) is 2.32. The van der Waals surface area contributed by atoms with E-state index in [1.165, 1.54) is 29.9 Å². The van der Waals surface area contributed by atoms with Crippen molar-refractivity contribution in [2.24, 2.45) is 0 Å². The molecule has 2 heterocycles. The van der Waals surface area contributed by atoms with Gasteiger partial charge in [-0.05, 0) is 67.4 Å². The molecule has 1 N–H and O–H groups in total. The molecule has 166 valence electrons. The van der Waals surface area contributed by atoms with Crippen LogP contribution in [0.15, 0.2) is 82.6 Å². The Hall–Kier alpha value is -3.43. The van der Waals surface area contributed by atoms with E-state index in [0.29, 0.717) is 36.5 Å². The molecule has 9 heteroatoms. The highest BCUT2D eigenvalue weighted by atomic mass is 32.2. The van der Waals surface area contributed by atoms with E-state index in [1.807, 2.05) is 0 Å². The molecular weight excluding hydrogens is 430 g/mol. The zero-order valence-electron chi connectivity index (χ0n) is 17.5. The van der Waals surface area contributed by atoms with Crippen LogP contribution in [0.5, 0.6) is 5.75 Å². The van der Waals surface area contributed by atoms with Gasteiger partial charge in [-0.15, -0.1) is 0 Å². The van der Waals surface area contributed by atoms with Crippen LogP contribution in [0.2, 0.25) is 0 Å². The molecule has 1 amide bonds. The Balaban J connectivity index is 1.51. The number of nitrogens with one attached hydrogen (secondary N) is 1. The third-order valence-electron chi connectivity index (χ3n) is 5.37. The molecule has 1 aromatic heterocycles. The van der Waals surface area contributed by atoms with E-state index in [-0.39, 0.29) is 16.4 Å². The highest BCUT2D eigenvalue weighted by Gasteiger charge is 2.33. The predicted molar refractivity (Wildman–Crippen MR) is 121 cm³/mol. The molecule has 1 saturated heterocycles. The van der Waals surface area contributed by atoms with Crippen LogP contribution in [0.3, 0.4) is 0 Å². The molecule has 0 saturated carbocycles. The molecule has 1 aliphatic heterocycles. The number of anilines is 1. The maximum absolute atomic E-state index is 13.1. The Kier molecular flexibility index (Phi) is 6.11. The van der Waals surface area contributed by atoms with E-state index in [4.69, 9.17) is 4.74 Å². The molecule has 3 aromatic rings.